The molecule has 0 bridgehead atoms. The Morgan fingerprint density at radius 3 is 2.76 bits per heavy atom. The third kappa shape index (κ3) is 1.66. The SMILES string of the molecule is Cc1nc2nc(-c3ccccc3Cl)[nH]n2c1Br. The molecule has 0 saturated heterocycles. The number of hydrogen-bond donors (Lipinski definition) is 1. The monoisotopic (exact) mass is 310 g/mol. The molecular formula is C11H8BrClN4. The van der Waals surface area contributed by atoms with Crippen LogP contribution in [-0.2, 0) is 0 Å². The smallest absolute Gasteiger partial charge is 0.252 e. The fourth-order valence-electron chi connectivity index (χ4n) is 1.67. The molecule has 6 heteroatoms. The van der Waals surface area contributed by atoms with Crippen molar-refractivity contribution >= 4 is 33.3 Å². The molecule has 1 aromatic carbocycles. The van der Waals surface area contributed by atoms with Gasteiger partial charge in [-0.15, -0.1) is 0 Å². The second-order valence-corrected chi connectivity index (χ2v) is 4.83. The fraction of sp³-hybridized carbons (Fsp3) is 0.0909. The number of aryl methyl sites for hydroxylation is 1. The minimum Gasteiger partial charge on any atom is -0.273 e. The summed E-state index contributed by atoms with van der Waals surface area (Å²) < 4.78 is 2.66. The minimum atomic E-state index is 0.629. The van der Waals surface area contributed by atoms with E-state index < -0.39 is 0 Å². The predicted octanol–water partition coefficient (Wildman–Crippen LogP) is 3.45. The zero-order valence-electron chi connectivity index (χ0n) is 8.91. The van der Waals surface area contributed by atoms with Crippen LogP contribution in [0.1, 0.15) is 5.69 Å². The van der Waals surface area contributed by atoms with Crippen molar-refractivity contribution in [2.75, 3.05) is 0 Å². The number of benzene rings is 1. The largest absolute Gasteiger partial charge is 0.273 e. The van der Waals surface area contributed by atoms with Gasteiger partial charge in [0.15, 0.2) is 5.82 Å². The van der Waals surface area contributed by atoms with Gasteiger partial charge in [-0.1, -0.05) is 23.7 Å². The lowest BCUT2D eigenvalue weighted by Crippen LogP contribution is -1.86. The van der Waals surface area contributed by atoms with Crippen LogP contribution in [0.25, 0.3) is 17.2 Å². The number of imidazole rings is 1. The first-order chi connectivity index (χ1) is 8.16. The van der Waals surface area contributed by atoms with Gasteiger partial charge in [-0.05, 0) is 35.0 Å². The molecular weight excluding hydrogens is 304 g/mol. The summed E-state index contributed by atoms with van der Waals surface area (Å²) in [5.74, 6) is 1.34. The Morgan fingerprint density at radius 2 is 2.06 bits per heavy atom. The van der Waals surface area contributed by atoms with Gasteiger partial charge in [-0.2, -0.15) is 4.98 Å². The van der Waals surface area contributed by atoms with Crippen LogP contribution in [0.5, 0.6) is 0 Å². The number of rotatable bonds is 1. The highest BCUT2D eigenvalue weighted by Gasteiger charge is 2.13. The first-order valence-corrected chi connectivity index (χ1v) is 6.19. The molecule has 0 radical (unpaired) electrons. The fourth-order valence-corrected chi connectivity index (χ4v) is 2.24. The second kappa shape index (κ2) is 3.85. The summed E-state index contributed by atoms with van der Waals surface area (Å²) in [7, 11) is 0. The maximum absolute atomic E-state index is 6.12. The average Bonchev–Trinajstić information content (AvgIpc) is 2.81. The van der Waals surface area contributed by atoms with Crippen LogP contribution < -0.4 is 0 Å². The summed E-state index contributed by atoms with van der Waals surface area (Å²) in [6.45, 7) is 1.92. The molecule has 0 unspecified atom stereocenters. The molecule has 3 rings (SSSR count). The zero-order valence-corrected chi connectivity index (χ0v) is 11.2. The van der Waals surface area contributed by atoms with E-state index in [9.17, 15) is 0 Å². The number of nitrogens with zero attached hydrogens (tertiary/aromatic N) is 3. The lowest BCUT2D eigenvalue weighted by atomic mass is 10.2. The number of hydrogen-bond acceptors (Lipinski definition) is 2. The number of halogens is 2. The van der Waals surface area contributed by atoms with Crippen LogP contribution in [0, 0.1) is 6.92 Å². The molecule has 0 aliphatic carbocycles. The summed E-state index contributed by atoms with van der Waals surface area (Å²) >= 11 is 9.57. The molecule has 2 aromatic heterocycles. The van der Waals surface area contributed by atoms with Gasteiger partial charge in [0, 0.05) is 5.56 Å². The van der Waals surface area contributed by atoms with Gasteiger partial charge in [0.05, 0.1) is 10.7 Å². The van der Waals surface area contributed by atoms with E-state index in [4.69, 9.17) is 11.6 Å². The lowest BCUT2D eigenvalue weighted by molar-refractivity contribution is 0.950. The Morgan fingerprint density at radius 1 is 1.29 bits per heavy atom. The van der Waals surface area contributed by atoms with E-state index in [1.165, 1.54) is 0 Å². The number of fused-ring (bicyclic) bond motifs is 1. The van der Waals surface area contributed by atoms with Gasteiger partial charge in [0.25, 0.3) is 5.78 Å². The standard InChI is InChI=1S/C11H8BrClN4/c1-6-9(12)17-11(14-6)15-10(16-17)7-4-2-3-5-8(7)13/h2-5H,1H3,(H,14,15,16). The maximum atomic E-state index is 6.12. The van der Waals surface area contributed by atoms with Gasteiger partial charge in [-0.25, -0.2) is 9.50 Å². The van der Waals surface area contributed by atoms with E-state index in [0.717, 1.165) is 15.9 Å². The summed E-state index contributed by atoms with van der Waals surface area (Å²) in [6.07, 6.45) is 0. The third-order valence-corrected chi connectivity index (χ3v) is 3.78. The van der Waals surface area contributed by atoms with Crippen LogP contribution in [0.3, 0.4) is 0 Å². The predicted molar refractivity (Wildman–Crippen MR) is 70.2 cm³/mol. The van der Waals surface area contributed by atoms with E-state index in [1.807, 2.05) is 31.2 Å². The molecule has 86 valence electrons. The quantitative estimate of drug-likeness (QED) is 0.748. The lowest BCUT2D eigenvalue weighted by Gasteiger charge is -1.98. The topological polar surface area (TPSA) is 46.0 Å². The van der Waals surface area contributed by atoms with E-state index in [2.05, 4.69) is 31.0 Å². The zero-order chi connectivity index (χ0) is 12.0. The summed E-state index contributed by atoms with van der Waals surface area (Å²) in [5.41, 5.74) is 1.76. The molecule has 0 spiro atoms. The van der Waals surface area contributed by atoms with Crippen molar-refractivity contribution in [2.24, 2.45) is 0 Å². The number of aromatic nitrogens is 4. The minimum absolute atomic E-state index is 0.629. The molecule has 0 atom stereocenters. The molecule has 0 aliphatic rings. The summed E-state index contributed by atoms with van der Waals surface area (Å²) in [5, 5.41) is 3.82. The Bertz CT molecular complexity index is 701. The van der Waals surface area contributed by atoms with E-state index >= 15 is 0 Å². The first-order valence-electron chi connectivity index (χ1n) is 5.02. The average molecular weight is 312 g/mol. The molecule has 0 fully saturated rings. The molecule has 17 heavy (non-hydrogen) atoms. The Kier molecular flexibility index (Phi) is 2.45. The second-order valence-electron chi connectivity index (χ2n) is 3.68. The maximum Gasteiger partial charge on any atom is 0.252 e. The first kappa shape index (κ1) is 10.8. The van der Waals surface area contributed by atoms with Crippen molar-refractivity contribution in [3.8, 4) is 11.4 Å². The highest BCUT2D eigenvalue weighted by molar-refractivity contribution is 9.10. The van der Waals surface area contributed by atoms with Crippen molar-refractivity contribution in [1.29, 1.82) is 0 Å². The molecule has 0 aliphatic heterocycles. The number of aromatic amines is 1. The van der Waals surface area contributed by atoms with Crippen LogP contribution in [-0.4, -0.2) is 19.6 Å². The van der Waals surface area contributed by atoms with Gasteiger partial charge in [0.2, 0.25) is 0 Å². The molecule has 0 saturated carbocycles. The van der Waals surface area contributed by atoms with E-state index in [1.54, 1.807) is 4.52 Å². The van der Waals surface area contributed by atoms with Crippen LogP contribution in [0.15, 0.2) is 28.9 Å². The Hall–Kier alpha value is -1.33. The molecule has 1 N–H and O–H groups in total. The highest BCUT2D eigenvalue weighted by Crippen LogP contribution is 2.26. The number of nitrogens with one attached hydrogen (secondary N) is 1. The van der Waals surface area contributed by atoms with Gasteiger partial charge in [-0.3, -0.25) is 5.10 Å². The van der Waals surface area contributed by atoms with Crippen LogP contribution in [0.2, 0.25) is 5.02 Å². The van der Waals surface area contributed by atoms with E-state index in [0.29, 0.717) is 16.6 Å². The van der Waals surface area contributed by atoms with Gasteiger partial charge in [0.1, 0.15) is 4.60 Å². The van der Waals surface area contributed by atoms with Crippen LogP contribution >= 0.6 is 27.5 Å². The van der Waals surface area contributed by atoms with Crippen molar-refractivity contribution < 1.29 is 0 Å². The summed E-state index contributed by atoms with van der Waals surface area (Å²) in [4.78, 5) is 8.73. The molecule has 3 aromatic rings. The molecule has 4 nitrogen and oxygen atoms in total. The Labute approximate surface area is 111 Å². The van der Waals surface area contributed by atoms with Crippen molar-refractivity contribution in [1.82, 2.24) is 19.6 Å². The van der Waals surface area contributed by atoms with Crippen molar-refractivity contribution in [3.63, 3.8) is 0 Å². The van der Waals surface area contributed by atoms with Gasteiger partial charge >= 0.3 is 0 Å². The van der Waals surface area contributed by atoms with E-state index in [-0.39, 0.29) is 0 Å². The van der Waals surface area contributed by atoms with Crippen molar-refractivity contribution in [2.45, 2.75) is 6.92 Å². The third-order valence-electron chi connectivity index (χ3n) is 2.52. The molecule has 0 amide bonds. The Balaban J connectivity index is 2.23. The highest BCUT2D eigenvalue weighted by atomic mass is 79.9. The van der Waals surface area contributed by atoms with Gasteiger partial charge < -0.3 is 0 Å². The normalized spacial score (nSPS) is 11.2. The number of H-pyrrole nitrogens is 1. The molecule has 2 heterocycles. The van der Waals surface area contributed by atoms with Crippen LogP contribution in [0.4, 0.5) is 0 Å². The van der Waals surface area contributed by atoms with Crippen molar-refractivity contribution in [3.05, 3.63) is 39.6 Å². The summed E-state index contributed by atoms with van der Waals surface area (Å²) in [6, 6.07) is 7.57.